The highest BCUT2D eigenvalue weighted by molar-refractivity contribution is 5.76. The van der Waals surface area contributed by atoms with Crippen LogP contribution in [0.1, 0.15) is 26.5 Å². The number of halogens is 1. The Bertz CT molecular complexity index is 880. The zero-order valence-electron chi connectivity index (χ0n) is 16.0. The quantitative estimate of drug-likeness (QED) is 0.827. The van der Waals surface area contributed by atoms with Crippen LogP contribution in [-0.4, -0.2) is 46.8 Å². The van der Waals surface area contributed by atoms with Crippen molar-refractivity contribution in [2.24, 2.45) is 0 Å². The van der Waals surface area contributed by atoms with E-state index in [4.69, 9.17) is 0 Å². The number of carbonyl (C=O) groups excluding carboxylic acids is 1. The third-order valence-electron chi connectivity index (χ3n) is 4.75. The topological polar surface area (TPSA) is 58.4 Å². The van der Waals surface area contributed by atoms with Gasteiger partial charge in [-0.15, -0.1) is 0 Å². The lowest BCUT2D eigenvalue weighted by atomic mass is 9.92. The van der Waals surface area contributed by atoms with Crippen molar-refractivity contribution in [1.29, 1.82) is 0 Å². The second-order valence-electron chi connectivity index (χ2n) is 7.78. The van der Waals surface area contributed by atoms with E-state index in [-0.39, 0.29) is 29.2 Å². The number of hydrogen-bond donors (Lipinski definition) is 0. The summed E-state index contributed by atoms with van der Waals surface area (Å²) >= 11 is 0. The summed E-state index contributed by atoms with van der Waals surface area (Å²) in [5, 5.41) is 4.35. The predicted molar refractivity (Wildman–Crippen MR) is 102 cm³/mol. The average Bonchev–Trinajstić information content (AvgIpc) is 2.63. The lowest BCUT2D eigenvalue weighted by molar-refractivity contribution is -0.132. The van der Waals surface area contributed by atoms with Crippen LogP contribution in [0.5, 0.6) is 0 Å². The molecule has 1 aliphatic heterocycles. The van der Waals surface area contributed by atoms with Gasteiger partial charge in [0.05, 0.1) is 11.4 Å². The molecule has 1 aliphatic rings. The number of benzene rings is 1. The average molecular weight is 372 g/mol. The normalized spacial score (nSPS) is 15.1. The van der Waals surface area contributed by atoms with Gasteiger partial charge in [0.25, 0.3) is 5.56 Å². The highest BCUT2D eigenvalue weighted by Crippen LogP contribution is 2.20. The Labute approximate surface area is 158 Å². The number of nitrogens with zero attached hydrogens (tertiary/aromatic N) is 4. The molecular formula is C20H25FN4O2. The van der Waals surface area contributed by atoms with E-state index in [0.29, 0.717) is 31.9 Å². The summed E-state index contributed by atoms with van der Waals surface area (Å²) < 4.78 is 15.2. The van der Waals surface area contributed by atoms with Gasteiger partial charge in [0, 0.05) is 37.7 Å². The first kappa shape index (κ1) is 19.1. The van der Waals surface area contributed by atoms with Crippen molar-refractivity contribution in [2.75, 3.05) is 31.1 Å². The van der Waals surface area contributed by atoms with E-state index >= 15 is 0 Å². The van der Waals surface area contributed by atoms with E-state index in [1.807, 2.05) is 25.7 Å². The molecule has 1 fully saturated rings. The Kier molecular flexibility index (Phi) is 5.30. The Balaban J connectivity index is 1.65. The molecule has 27 heavy (non-hydrogen) atoms. The Morgan fingerprint density at radius 3 is 2.37 bits per heavy atom. The van der Waals surface area contributed by atoms with Crippen molar-refractivity contribution >= 4 is 11.6 Å². The molecule has 0 N–H and O–H groups in total. The molecule has 2 heterocycles. The standard InChI is InChI=1S/C20H25FN4O2/c1-20(2,3)17-8-9-18(26)25(22-17)14-19(27)24-12-10-23(11-13-24)16-7-5-4-6-15(16)21/h4-9H,10-14H2,1-3H3. The van der Waals surface area contributed by atoms with Crippen molar-refractivity contribution in [2.45, 2.75) is 32.7 Å². The highest BCUT2D eigenvalue weighted by atomic mass is 19.1. The van der Waals surface area contributed by atoms with Gasteiger partial charge in [-0.05, 0) is 18.2 Å². The number of carbonyl (C=O) groups is 1. The summed E-state index contributed by atoms with van der Waals surface area (Å²) in [6.07, 6.45) is 0. The summed E-state index contributed by atoms with van der Waals surface area (Å²) in [6.45, 7) is 8.02. The summed E-state index contributed by atoms with van der Waals surface area (Å²) in [5.74, 6) is -0.407. The molecule has 0 aliphatic carbocycles. The van der Waals surface area contributed by atoms with Crippen molar-refractivity contribution in [1.82, 2.24) is 14.7 Å². The van der Waals surface area contributed by atoms with Crippen molar-refractivity contribution < 1.29 is 9.18 Å². The molecule has 1 saturated heterocycles. The maximum absolute atomic E-state index is 13.9. The lowest BCUT2D eigenvalue weighted by Crippen LogP contribution is -2.50. The van der Waals surface area contributed by atoms with Gasteiger partial charge in [-0.1, -0.05) is 32.9 Å². The van der Waals surface area contributed by atoms with Gasteiger partial charge in [-0.2, -0.15) is 5.10 Å². The van der Waals surface area contributed by atoms with Gasteiger partial charge < -0.3 is 9.80 Å². The minimum absolute atomic E-state index is 0.0809. The fourth-order valence-electron chi connectivity index (χ4n) is 3.10. The molecule has 144 valence electrons. The summed E-state index contributed by atoms with van der Waals surface area (Å²) in [6, 6.07) is 9.81. The maximum Gasteiger partial charge on any atom is 0.267 e. The fourth-order valence-corrected chi connectivity index (χ4v) is 3.10. The van der Waals surface area contributed by atoms with Crippen LogP contribution in [0.2, 0.25) is 0 Å². The van der Waals surface area contributed by atoms with Crippen LogP contribution in [0.15, 0.2) is 41.2 Å². The van der Waals surface area contributed by atoms with Crippen molar-refractivity contribution in [3.63, 3.8) is 0 Å². The van der Waals surface area contributed by atoms with Gasteiger partial charge in [-0.25, -0.2) is 9.07 Å². The molecule has 1 aromatic carbocycles. The van der Waals surface area contributed by atoms with Gasteiger partial charge in [0.15, 0.2) is 0 Å². The Morgan fingerprint density at radius 1 is 1.07 bits per heavy atom. The maximum atomic E-state index is 13.9. The predicted octanol–water partition coefficient (Wildman–Crippen LogP) is 2.03. The molecule has 0 atom stereocenters. The minimum Gasteiger partial charge on any atom is -0.366 e. The fraction of sp³-hybridized carbons (Fsp3) is 0.450. The Hall–Kier alpha value is -2.70. The number of rotatable bonds is 3. The van der Waals surface area contributed by atoms with E-state index in [9.17, 15) is 14.0 Å². The second kappa shape index (κ2) is 7.50. The molecule has 0 saturated carbocycles. The summed E-state index contributed by atoms with van der Waals surface area (Å²) in [7, 11) is 0. The van der Waals surface area contributed by atoms with E-state index in [1.54, 1.807) is 29.2 Å². The molecule has 0 bridgehead atoms. The number of anilines is 1. The lowest BCUT2D eigenvalue weighted by Gasteiger charge is -2.36. The minimum atomic E-state index is -0.290. The molecule has 3 rings (SSSR count). The molecule has 1 aromatic heterocycles. The van der Waals surface area contributed by atoms with Gasteiger partial charge in [-0.3, -0.25) is 9.59 Å². The SMILES string of the molecule is CC(C)(C)c1ccc(=O)n(CC(=O)N2CCN(c3ccccc3F)CC2)n1. The Morgan fingerprint density at radius 2 is 1.74 bits per heavy atom. The molecule has 0 spiro atoms. The second-order valence-corrected chi connectivity index (χ2v) is 7.78. The molecular weight excluding hydrogens is 347 g/mol. The van der Waals surface area contributed by atoms with E-state index in [2.05, 4.69) is 5.10 Å². The van der Waals surface area contributed by atoms with Crippen LogP contribution >= 0.6 is 0 Å². The van der Waals surface area contributed by atoms with Crippen LogP contribution in [0, 0.1) is 5.82 Å². The molecule has 7 heteroatoms. The molecule has 0 unspecified atom stereocenters. The first-order valence-corrected chi connectivity index (χ1v) is 9.11. The smallest absolute Gasteiger partial charge is 0.267 e. The van der Waals surface area contributed by atoms with Crippen molar-refractivity contribution in [3.05, 3.63) is 58.3 Å². The number of piperazine rings is 1. The molecule has 6 nitrogen and oxygen atoms in total. The molecule has 0 radical (unpaired) electrons. The zero-order valence-corrected chi connectivity index (χ0v) is 16.0. The molecule has 2 aromatic rings. The van der Waals surface area contributed by atoms with Crippen molar-refractivity contribution in [3.8, 4) is 0 Å². The monoisotopic (exact) mass is 372 g/mol. The third-order valence-corrected chi connectivity index (χ3v) is 4.75. The zero-order chi connectivity index (χ0) is 19.6. The number of amides is 1. The van der Waals surface area contributed by atoms with E-state index < -0.39 is 0 Å². The highest BCUT2D eigenvalue weighted by Gasteiger charge is 2.24. The number of hydrogen-bond acceptors (Lipinski definition) is 4. The van der Waals surface area contributed by atoms with Crippen LogP contribution < -0.4 is 10.5 Å². The van der Waals surface area contributed by atoms with Gasteiger partial charge in [0.1, 0.15) is 12.4 Å². The number of aromatic nitrogens is 2. The van der Waals surface area contributed by atoms with Crippen LogP contribution in [0.25, 0.3) is 0 Å². The first-order valence-electron chi connectivity index (χ1n) is 9.11. The first-order chi connectivity index (χ1) is 12.8. The van der Waals surface area contributed by atoms with Crippen LogP contribution in [-0.2, 0) is 16.8 Å². The molecule has 1 amide bonds. The number of para-hydroxylation sites is 1. The van der Waals surface area contributed by atoms with Crippen LogP contribution in [0.4, 0.5) is 10.1 Å². The van der Waals surface area contributed by atoms with E-state index in [1.165, 1.54) is 16.8 Å². The van der Waals surface area contributed by atoms with E-state index in [0.717, 1.165) is 5.69 Å². The summed E-state index contributed by atoms with van der Waals surface area (Å²) in [4.78, 5) is 28.3. The van der Waals surface area contributed by atoms with Gasteiger partial charge in [0.2, 0.25) is 5.91 Å². The summed E-state index contributed by atoms with van der Waals surface area (Å²) in [5.41, 5.74) is 0.824. The van der Waals surface area contributed by atoms with Crippen LogP contribution in [0.3, 0.4) is 0 Å². The largest absolute Gasteiger partial charge is 0.366 e. The van der Waals surface area contributed by atoms with Gasteiger partial charge >= 0.3 is 0 Å². The third kappa shape index (κ3) is 4.35.